The van der Waals surface area contributed by atoms with Gasteiger partial charge >= 0.3 is 0 Å². The first-order chi connectivity index (χ1) is 7.54. The number of amidine groups is 1. The van der Waals surface area contributed by atoms with Crippen molar-refractivity contribution in [3.8, 4) is 0 Å². The second-order valence-electron chi connectivity index (χ2n) is 2.79. The number of rotatable bonds is 3. The summed E-state index contributed by atoms with van der Waals surface area (Å²) < 4.78 is 0. The Bertz CT molecular complexity index is 438. The van der Waals surface area contributed by atoms with Gasteiger partial charge in [-0.1, -0.05) is 23.4 Å². The van der Waals surface area contributed by atoms with Gasteiger partial charge < -0.3 is 11.6 Å². The molecule has 86 valence electrons. The molecule has 0 unspecified atom stereocenters. The lowest BCUT2D eigenvalue weighted by atomic mass is 10.2. The average Bonchev–Trinajstić information content (AvgIpc) is 2.26. The fourth-order valence-electron chi connectivity index (χ4n) is 1.02. The number of nitrogens with two attached hydrogens (primary N) is 2. The Hall–Kier alpha value is -1.47. The molecule has 0 aliphatic carbocycles. The molecular weight excluding hydrogens is 252 g/mol. The van der Waals surface area contributed by atoms with Gasteiger partial charge in [0, 0.05) is 22.4 Å². The molecule has 0 aliphatic heterocycles. The average molecular weight is 261 g/mol. The van der Waals surface area contributed by atoms with Gasteiger partial charge in [0.25, 0.3) is 5.69 Å². The molecule has 0 bridgehead atoms. The van der Waals surface area contributed by atoms with E-state index < -0.39 is 4.92 Å². The fraction of sp³-hybridized carbons (Fsp3) is 0.125. The van der Waals surface area contributed by atoms with Crippen LogP contribution in [0.2, 0.25) is 5.02 Å². The second-order valence-corrected chi connectivity index (χ2v) is 4.22. The van der Waals surface area contributed by atoms with E-state index >= 15 is 0 Å². The van der Waals surface area contributed by atoms with Gasteiger partial charge in [-0.3, -0.25) is 10.1 Å². The molecular formula is C8H9ClN4O2S. The molecule has 1 aromatic carbocycles. The smallest absolute Gasteiger partial charge is 0.274 e. The molecule has 1 aromatic rings. The maximum absolute atomic E-state index is 10.7. The van der Waals surface area contributed by atoms with Gasteiger partial charge in [-0.25, -0.2) is 0 Å². The fourth-order valence-corrected chi connectivity index (χ4v) is 1.81. The molecule has 1 rings (SSSR count). The van der Waals surface area contributed by atoms with E-state index in [9.17, 15) is 10.1 Å². The summed E-state index contributed by atoms with van der Waals surface area (Å²) in [7, 11) is 0. The van der Waals surface area contributed by atoms with Gasteiger partial charge in [-0.15, -0.1) is 0 Å². The molecule has 0 saturated carbocycles. The predicted molar refractivity (Wildman–Crippen MR) is 65.2 cm³/mol. The van der Waals surface area contributed by atoms with Crippen LogP contribution in [0.3, 0.4) is 0 Å². The van der Waals surface area contributed by atoms with Crippen molar-refractivity contribution in [2.45, 2.75) is 5.75 Å². The largest absolute Gasteiger partial charge is 0.377 e. The molecule has 0 fully saturated rings. The Labute approximate surface area is 101 Å². The lowest BCUT2D eigenvalue weighted by Gasteiger charge is -2.02. The third kappa shape index (κ3) is 3.28. The summed E-state index contributed by atoms with van der Waals surface area (Å²) >= 11 is 6.79. The summed E-state index contributed by atoms with van der Waals surface area (Å²) in [5.74, 6) is 5.26. The molecule has 0 radical (unpaired) electrons. The zero-order valence-electron chi connectivity index (χ0n) is 8.09. The predicted octanol–water partition coefficient (Wildman–Crippen LogP) is 1.67. The minimum atomic E-state index is -0.489. The van der Waals surface area contributed by atoms with Gasteiger partial charge in [0.15, 0.2) is 5.17 Å². The number of halogens is 1. The first-order valence-corrected chi connectivity index (χ1v) is 5.50. The van der Waals surface area contributed by atoms with Crippen molar-refractivity contribution in [1.82, 2.24) is 0 Å². The van der Waals surface area contributed by atoms with Crippen LogP contribution in [0, 0.1) is 10.1 Å². The van der Waals surface area contributed by atoms with Gasteiger partial charge in [0.2, 0.25) is 0 Å². The van der Waals surface area contributed by atoms with E-state index in [1.165, 1.54) is 6.07 Å². The number of hydrogen-bond donors (Lipinski definition) is 2. The van der Waals surface area contributed by atoms with Crippen molar-refractivity contribution in [1.29, 1.82) is 0 Å². The van der Waals surface area contributed by atoms with Crippen molar-refractivity contribution in [3.63, 3.8) is 0 Å². The topological polar surface area (TPSA) is 108 Å². The van der Waals surface area contributed by atoms with Gasteiger partial charge in [-0.2, -0.15) is 5.10 Å². The molecule has 8 heteroatoms. The molecule has 0 saturated heterocycles. The van der Waals surface area contributed by atoms with Crippen molar-refractivity contribution < 1.29 is 4.92 Å². The number of hydrogen-bond acceptors (Lipinski definition) is 5. The summed E-state index contributed by atoms with van der Waals surface area (Å²) in [6.07, 6.45) is 0. The first kappa shape index (κ1) is 12.6. The number of hydrazone groups is 1. The van der Waals surface area contributed by atoms with Crippen LogP contribution in [0.15, 0.2) is 23.3 Å². The van der Waals surface area contributed by atoms with E-state index in [0.717, 1.165) is 11.8 Å². The van der Waals surface area contributed by atoms with E-state index in [4.69, 9.17) is 23.2 Å². The normalized spacial score (nSPS) is 11.4. The van der Waals surface area contributed by atoms with Crippen LogP contribution >= 0.6 is 23.4 Å². The molecule has 0 atom stereocenters. The van der Waals surface area contributed by atoms with E-state index in [1.54, 1.807) is 12.1 Å². The summed E-state index contributed by atoms with van der Waals surface area (Å²) in [6, 6.07) is 4.46. The highest BCUT2D eigenvalue weighted by atomic mass is 35.5. The van der Waals surface area contributed by atoms with Crippen LogP contribution in [0.4, 0.5) is 5.69 Å². The zero-order valence-corrected chi connectivity index (χ0v) is 9.66. The van der Waals surface area contributed by atoms with Crippen LogP contribution in [0.25, 0.3) is 0 Å². The van der Waals surface area contributed by atoms with Gasteiger partial charge in [-0.05, 0) is 12.1 Å². The highest BCUT2D eigenvalue weighted by Gasteiger charge is 2.14. The second kappa shape index (κ2) is 5.57. The van der Waals surface area contributed by atoms with Crippen LogP contribution < -0.4 is 11.6 Å². The summed E-state index contributed by atoms with van der Waals surface area (Å²) in [4.78, 5) is 10.3. The van der Waals surface area contributed by atoms with Crippen LogP contribution in [-0.2, 0) is 5.75 Å². The lowest BCUT2D eigenvalue weighted by Crippen LogP contribution is -2.09. The number of thioether (sulfide) groups is 1. The minimum absolute atomic E-state index is 0.0372. The molecule has 0 heterocycles. The Morgan fingerprint density at radius 1 is 1.62 bits per heavy atom. The monoisotopic (exact) mass is 260 g/mol. The highest BCUT2D eigenvalue weighted by Crippen LogP contribution is 2.26. The maximum atomic E-state index is 10.7. The molecule has 0 spiro atoms. The van der Waals surface area contributed by atoms with E-state index in [2.05, 4.69) is 5.10 Å². The van der Waals surface area contributed by atoms with Crippen LogP contribution in [0.5, 0.6) is 0 Å². The highest BCUT2D eigenvalue weighted by molar-refractivity contribution is 8.13. The SMILES string of the molecule is NN=C(N)SCc1ccc(Cl)cc1[N+](=O)[O-]. The number of nitrogens with zero attached hydrogens (tertiary/aromatic N) is 2. The number of nitro benzene ring substituents is 1. The van der Waals surface area contributed by atoms with Crippen LogP contribution in [0.1, 0.15) is 5.56 Å². The minimum Gasteiger partial charge on any atom is -0.377 e. The Morgan fingerprint density at radius 3 is 2.88 bits per heavy atom. The van der Waals surface area contributed by atoms with Crippen molar-refractivity contribution >= 4 is 34.2 Å². The van der Waals surface area contributed by atoms with E-state index in [-0.39, 0.29) is 10.9 Å². The summed E-state index contributed by atoms with van der Waals surface area (Å²) in [6.45, 7) is 0. The first-order valence-electron chi connectivity index (χ1n) is 4.13. The van der Waals surface area contributed by atoms with Crippen molar-refractivity contribution in [2.24, 2.45) is 16.7 Å². The van der Waals surface area contributed by atoms with Gasteiger partial charge in [0.1, 0.15) is 0 Å². The molecule has 16 heavy (non-hydrogen) atoms. The quantitative estimate of drug-likeness (QED) is 0.283. The third-order valence-corrected chi connectivity index (χ3v) is 2.84. The standard InChI is InChI=1S/C8H9ClN4O2S/c9-6-2-1-5(4-16-8(10)12-11)7(3-6)13(14)15/h1-3H,4,11H2,(H2,10,12). The van der Waals surface area contributed by atoms with E-state index in [1.807, 2.05) is 0 Å². The summed E-state index contributed by atoms with van der Waals surface area (Å²) in [5, 5.41) is 14.5. The number of nitro groups is 1. The van der Waals surface area contributed by atoms with Gasteiger partial charge in [0.05, 0.1) is 4.92 Å². The number of benzene rings is 1. The molecule has 6 nitrogen and oxygen atoms in total. The molecule has 4 N–H and O–H groups in total. The molecule has 0 aromatic heterocycles. The lowest BCUT2D eigenvalue weighted by molar-refractivity contribution is -0.385. The Balaban J connectivity index is 2.91. The van der Waals surface area contributed by atoms with E-state index in [0.29, 0.717) is 16.3 Å². The maximum Gasteiger partial charge on any atom is 0.274 e. The summed E-state index contributed by atoms with van der Waals surface area (Å²) in [5.41, 5.74) is 5.85. The van der Waals surface area contributed by atoms with Crippen molar-refractivity contribution in [3.05, 3.63) is 38.9 Å². The van der Waals surface area contributed by atoms with Crippen LogP contribution in [-0.4, -0.2) is 10.1 Å². The van der Waals surface area contributed by atoms with Crippen molar-refractivity contribution in [2.75, 3.05) is 0 Å². The molecule has 0 aliphatic rings. The molecule has 0 amide bonds. The Kier molecular flexibility index (Phi) is 4.39. The zero-order chi connectivity index (χ0) is 12.1. The third-order valence-electron chi connectivity index (χ3n) is 1.75. The Morgan fingerprint density at radius 2 is 2.31 bits per heavy atom.